The molecule has 21 heavy (non-hydrogen) atoms. The van der Waals surface area contributed by atoms with E-state index in [0.29, 0.717) is 12.0 Å². The molecule has 2 nitrogen and oxygen atoms in total. The molecule has 1 aromatic rings. The van der Waals surface area contributed by atoms with Crippen molar-refractivity contribution in [3.8, 4) is 0 Å². The summed E-state index contributed by atoms with van der Waals surface area (Å²) in [6.07, 6.45) is 5.93. The van der Waals surface area contributed by atoms with Crippen LogP contribution in [0.5, 0.6) is 0 Å². The van der Waals surface area contributed by atoms with Crippen molar-refractivity contribution in [1.82, 2.24) is 4.90 Å². The van der Waals surface area contributed by atoms with Gasteiger partial charge in [-0.15, -0.1) is 0 Å². The van der Waals surface area contributed by atoms with Crippen LogP contribution in [0, 0.1) is 17.8 Å². The molecule has 0 aromatic heterocycles. The number of likely N-dealkylation sites (N-methyl/N-ethyl adjacent to an activating group) is 1. The van der Waals surface area contributed by atoms with Crippen molar-refractivity contribution in [2.24, 2.45) is 23.5 Å². The predicted octanol–water partition coefficient (Wildman–Crippen LogP) is 3.49. The summed E-state index contributed by atoms with van der Waals surface area (Å²) in [5.74, 6) is 3.46. The Bertz CT molecular complexity index is 444. The lowest BCUT2D eigenvalue weighted by Gasteiger charge is -2.36. The Hall–Kier alpha value is -0.860. The van der Waals surface area contributed by atoms with Crippen molar-refractivity contribution in [3.05, 3.63) is 35.9 Å². The average molecular weight is 286 g/mol. The van der Waals surface area contributed by atoms with E-state index in [1.54, 1.807) is 0 Å². The molecule has 0 radical (unpaired) electrons. The second kappa shape index (κ2) is 6.50. The van der Waals surface area contributed by atoms with Gasteiger partial charge in [0.1, 0.15) is 0 Å². The molecule has 2 saturated carbocycles. The molecule has 0 saturated heterocycles. The van der Waals surface area contributed by atoms with Gasteiger partial charge in [-0.05, 0) is 55.5 Å². The highest BCUT2D eigenvalue weighted by Gasteiger charge is 2.40. The minimum Gasteiger partial charge on any atom is -0.329 e. The lowest BCUT2D eigenvalue weighted by molar-refractivity contribution is 0.160. The molecule has 2 bridgehead atoms. The molecule has 3 rings (SSSR count). The van der Waals surface area contributed by atoms with E-state index in [9.17, 15) is 0 Å². The summed E-state index contributed by atoms with van der Waals surface area (Å²) in [5, 5.41) is 0. The standard InChI is InChI=1S/C19H30N2/c1-14(16-6-4-3-5-7-16)19(12-20)21(2)13-18-11-15-8-9-17(18)10-15/h3-7,14-15,17-19H,8-13,20H2,1-2H3. The summed E-state index contributed by atoms with van der Waals surface area (Å²) in [6.45, 7) is 4.30. The number of fused-ring (bicyclic) bond motifs is 2. The average Bonchev–Trinajstić information content (AvgIpc) is 3.11. The Morgan fingerprint density at radius 1 is 1.19 bits per heavy atom. The first-order valence-corrected chi connectivity index (χ1v) is 8.64. The quantitative estimate of drug-likeness (QED) is 0.867. The topological polar surface area (TPSA) is 29.3 Å². The van der Waals surface area contributed by atoms with Crippen LogP contribution in [-0.2, 0) is 0 Å². The summed E-state index contributed by atoms with van der Waals surface area (Å²) in [6, 6.07) is 11.3. The Morgan fingerprint density at radius 3 is 2.52 bits per heavy atom. The number of nitrogens with two attached hydrogens (primary N) is 1. The summed E-state index contributed by atoms with van der Waals surface area (Å²) in [5.41, 5.74) is 7.53. The summed E-state index contributed by atoms with van der Waals surface area (Å²) < 4.78 is 0. The highest BCUT2D eigenvalue weighted by Crippen LogP contribution is 2.48. The Balaban J connectivity index is 1.62. The lowest BCUT2D eigenvalue weighted by Crippen LogP contribution is -2.44. The Labute approximate surface area is 129 Å². The van der Waals surface area contributed by atoms with E-state index in [-0.39, 0.29) is 0 Å². The van der Waals surface area contributed by atoms with Crippen LogP contribution in [0.4, 0.5) is 0 Å². The maximum atomic E-state index is 6.12. The largest absolute Gasteiger partial charge is 0.329 e. The van der Waals surface area contributed by atoms with Crippen LogP contribution >= 0.6 is 0 Å². The molecular formula is C19H30N2. The van der Waals surface area contributed by atoms with Gasteiger partial charge in [-0.25, -0.2) is 0 Å². The van der Waals surface area contributed by atoms with Gasteiger partial charge in [-0.2, -0.15) is 0 Å². The zero-order valence-electron chi connectivity index (χ0n) is 13.5. The van der Waals surface area contributed by atoms with Gasteiger partial charge in [0.2, 0.25) is 0 Å². The Kier molecular flexibility index (Phi) is 4.66. The number of hydrogen-bond acceptors (Lipinski definition) is 2. The third-order valence-electron chi connectivity index (χ3n) is 6.12. The van der Waals surface area contributed by atoms with E-state index in [1.165, 1.54) is 37.8 Å². The van der Waals surface area contributed by atoms with Gasteiger partial charge < -0.3 is 10.6 Å². The second-order valence-electron chi connectivity index (χ2n) is 7.38. The van der Waals surface area contributed by atoms with Crippen LogP contribution in [0.25, 0.3) is 0 Å². The van der Waals surface area contributed by atoms with Crippen molar-refractivity contribution < 1.29 is 0 Å². The molecule has 2 fully saturated rings. The second-order valence-corrected chi connectivity index (χ2v) is 7.38. The van der Waals surface area contributed by atoms with Crippen molar-refractivity contribution in [1.29, 1.82) is 0 Å². The molecule has 2 N–H and O–H groups in total. The zero-order valence-corrected chi connectivity index (χ0v) is 13.5. The molecule has 2 aliphatic carbocycles. The SMILES string of the molecule is CC(c1ccccc1)C(CN)N(C)CC1CC2CCC1C2. The zero-order chi connectivity index (χ0) is 14.8. The molecule has 2 heteroatoms. The summed E-state index contributed by atoms with van der Waals surface area (Å²) in [7, 11) is 2.28. The molecular weight excluding hydrogens is 256 g/mol. The third-order valence-corrected chi connectivity index (χ3v) is 6.12. The molecule has 5 atom stereocenters. The fourth-order valence-electron chi connectivity index (χ4n) is 4.85. The van der Waals surface area contributed by atoms with Gasteiger partial charge in [0.05, 0.1) is 0 Å². The molecule has 0 amide bonds. The minimum absolute atomic E-state index is 0.450. The van der Waals surface area contributed by atoms with Crippen LogP contribution in [0.1, 0.15) is 44.1 Å². The van der Waals surface area contributed by atoms with Crippen molar-refractivity contribution >= 4 is 0 Å². The first kappa shape index (κ1) is 15.1. The number of rotatable bonds is 6. The molecule has 0 aliphatic heterocycles. The maximum Gasteiger partial charge on any atom is 0.0281 e. The van der Waals surface area contributed by atoms with Crippen LogP contribution in [0.3, 0.4) is 0 Å². The molecule has 0 heterocycles. The van der Waals surface area contributed by atoms with Gasteiger partial charge in [0, 0.05) is 19.1 Å². The van der Waals surface area contributed by atoms with Gasteiger partial charge in [-0.1, -0.05) is 43.7 Å². The first-order valence-electron chi connectivity index (χ1n) is 8.64. The van der Waals surface area contributed by atoms with E-state index in [4.69, 9.17) is 5.73 Å². The van der Waals surface area contributed by atoms with Crippen LogP contribution in [-0.4, -0.2) is 31.1 Å². The Morgan fingerprint density at radius 2 is 1.95 bits per heavy atom. The summed E-state index contributed by atoms with van der Waals surface area (Å²) in [4.78, 5) is 2.54. The third kappa shape index (κ3) is 3.17. The van der Waals surface area contributed by atoms with Gasteiger partial charge in [0.15, 0.2) is 0 Å². The molecule has 1 aromatic carbocycles. The smallest absolute Gasteiger partial charge is 0.0281 e. The normalized spacial score (nSPS) is 30.8. The first-order chi connectivity index (χ1) is 10.2. The lowest BCUT2D eigenvalue weighted by atomic mass is 9.87. The van der Waals surface area contributed by atoms with E-state index in [0.717, 1.165) is 24.3 Å². The van der Waals surface area contributed by atoms with Gasteiger partial charge in [0.25, 0.3) is 0 Å². The van der Waals surface area contributed by atoms with Gasteiger partial charge >= 0.3 is 0 Å². The fourth-order valence-corrected chi connectivity index (χ4v) is 4.85. The minimum atomic E-state index is 0.450. The molecule has 5 unspecified atom stereocenters. The predicted molar refractivity (Wildman–Crippen MR) is 89.3 cm³/mol. The molecule has 116 valence electrons. The van der Waals surface area contributed by atoms with E-state index < -0.39 is 0 Å². The highest BCUT2D eigenvalue weighted by molar-refractivity contribution is 5.20. The van der Waals surface area contributed by atoms with E-state index in [1.807, 2.05) is 0 Å². The van der Waals surface area contributed by atoms with Crippen molar-refractivity contribution in [2.75, 3.05) is 20.1 Å². The fraction of sp³-hybridized carbons (Fsp3) is 0.684. The van der Waals surface area contributed by atoms with Crippen LogP contribution in [0.15, 0.2) is 30.3 Å². The van der Waals surface area contributed by atoms with Gasteiger partial charge in [-0.3, -0.25) is 0 Å². The summed E-state index contributed by atoms with van der Waals surface area (Å²) >= 11 is 0. The number of benzene rings is 1. The molecule has 2 aliphatic rings. The van der Waals surface area contributed by atoms with E-state index >= 15 is 0 Å². The molecule has 0 spiro atoms. The van der Waals surface area contributed by atoms with E-state index in [2.05, 4.69) is 49.2 Å². The van der Waals surface area contributed by atoms with Crippen molar-refractivity contribution in [2.45, 2.75) is 44.6 Å². The number of hydrogen-bond donors (Lipinski definition) is 1. The van der Waals surface area contributed by atoms with Crippen LogP contribution < -0.4 is 5.73 Å². The van der Waals surface area contributed by atoms with Crippen LogP contribution in [0.2, 0.25) is 0 Å². The number of nitrogens with zero attached hydrogens (tertiary/aromatic N) is 1. The maximum absolute atomic E-state index is 6.12. The highest BCUT2D eigenvalue weighted by atomic mass is 15.1. The monoisotopic (exact) mass is 286 g/mol. The van der Waals surface area contributed by atoms with Crippen molar-refractivity contribution in [3.63, 3.8) is 0 Å².